The first-order chi connectivity index (χ1) is 12.9. The van der Waals surface area contributed by atoms with E-state index in [0.29, 0.717) is 16.8 Å². The fourth-order valence-electron chi connectivity index (χ4n) is 2.18. The predicted octanol–water partition coefficient (Wildman–Crippen LogP) is 2.19. The van der Waals surface area contributed by atoms with Crippen molar-refractivity contribution in [3.05, 3.63) is 65.7 Å². The van der Waals surface area contributed by atoms with Crippen molar-refractivity contribution in [1.29, 1.82) is 0 Å². The van der Waals surface area contributed by atoms with Gasteiger partial charge in [-0.15, -0.1) is 0 Å². The molecule has 0 aliphatic carbocycles. The highest BCUT2D eigenvalue weighted by Gasteiger charge is 2.19. The van der Waals surface area contributed by atoms with E-state index < -0.39 is 30.4 Å². The first-order valence-electron chi connectivity index (χ1n) is 8.30. The van der Waals surface area contributed by atoms with Crippen LogP contribution in [0.4, 0.5) is 5.69 Å². The molecule has 0 heterocycles. The number of anilines is 1. The molecule has 2 aromatic rings. The molecule has 7 heteroatoms. The second-order valence-electron chi connectivity index (χ2n) is 5.85. The summed E-state index contributed by atoms with van der Waals surface area (Å²) < 4.78 is 4.92. The molecule has 0 aliphatic heterocycles. The fourth-order valence-corrected chi connectivity index (χ4v) is 2.18. The van der Waals surface area contributed by atoms with Crippen molar-refractivity contribution >= 4 is 29.3 Å². The van der Waals surface area contributed by atoms with E-state index in [-0.39, 0.29) is 5.78 Å². The van der Waals surface area contributed by atoms with Gasteiger partial charge in [0.05, 0.1) is 0 Å². The van der Waals surface area contributed by atoms with E-state index in [1.807, 2.05) is 0 Å². The molecule has 2 amide bonds. The average molecular weight is 368 g/mol. The summed E-state index contributed by atoms with van der Waals surface area (Å²) in [6.45, 7) is 2.44. The fraction of sp³-hybridized carbons (Fsp3) is 0.200. The number of Topliss-reactive ketones (excluding diaryl/α,β-unsaturated/α-hetero) is 1. The summed E-state index contributed by atoms with van der Waals surface area (Å²) in [6, 6.07) is 13.9. The third-order valence-electron chi connectivity index (χ3n) is 3.66. The number of nitrogens with one attached hydrogen (secondary N) is 2. The van der Waals surface area contributed by atoms with Crippen molar-refractivity contribution in [1.82, 2.24) is 5.32 Å². The summed E-state index contributed by atoms with van der Waals surface area (Å²) in [5.41, 5.74) is 1.43. The Bertz CT molecular complexity index is 831. The van der Waals surface area contributed by atoms with Gasteiger partial charge in [0, 0.05) is 16.8 Å². The van der Waals surface area contributed by atoms with Crippen LogP contribution in [-0.4, -0.2) is 36.2 Å². The zero-order valence-corrected chi connectivity index (χ0v) is 15.0. The molecule has 0 spiro atoms. The van der Waals surface area contributed by atoms with Crippen LogP contribution in [0.25, 0.3) is 0 Å². The lowest BCUT2D eigenvalue weighted by Crippen LogP contribution is -2.40. The molecule has 0 aromatic heterocycles. The molecule has 1 unspecified atom stereocenters. The molecule has 1 atom stereocenters. The summed E-state index contributed by atoms with van der Waals surface area (Å²) in [4.78, 5) is 47.0. The second-order valence-corrected chi connectivity index (χ2v) is 5.85. The predicted molar refractivity (Wildman–Crippen MR) is 99.4 cm³/mol. The summed E-state index contributed by atoms with van der Waals surface area (Å²) in [6.07, 6.45) is 0. The first kappa shape index (κ1) is 19.8. The van der Waals surface area contributed by atoms with Crippen LogP contribution in [-0.2, 0) is 14.3 Å². The normalized spacial score (nSPS) is 11.2. The van der Waals surface area contributed by atoms with Crippen LogP contribution in [0.15, 0.2) is 54.6 Å². The highest BCUT2D eigenvalue weighted by Crippen LogP contribution is 2.10. The highest BCUT2D eigenvalue weighted by atomic mass is 16.5. The molecule has 0 saturated carbocycles. The SMILES string of the molecule is CC(=O)c1ccc(NC(=O)COC(=O)C(C)NC(=O)c2ccccc2)cc1. The highest BCUT2D eigenvalue weighted by molar-refractivity contribution is 5.98. The van der Waals surface area contributed by atoms with E-state index in [2.05, 4.69) is 10.6 Å². The monoisotopic (exact) mass is 368 g/mol. The molecule has 0 saturated heterocycles. The number of benzene rings is 2. The quantitative estimate of drug-likeness (QED) is 0.576. The van der Waals surface area contributed by atoms with Gasteiger partial charge in [0.1, 0.15) is 6.04 Å². The Morgan fingerprint density at radius 2 is 1.56 bits per heavy atom. The smallest absolute Gasteiger partial charge is 0.328 e. The Labute approximate surface area is 156 Å². The van der Waals surface area contributed by atoms with Crippen molar-refractivity contribution in [2.45, 2.75) is 19.9 Å². The lowest BCUT2D eigenvalue weighted by molar-refractivity contribution is -0.148. The Morgan fingerprint density at radius 1 is 0.926 bits per heavy atom. The molecule has 27 heavy (non-hydrogen) atoms. The lowest BCUT2D eigenvalue weighted by atomic mass is 10.1. The third kappa shape index (κ3) is 6.07. The maximum Gasteiger partial charge on any atom is 0.328 e. The summed E-state index contributed by atoms with van der Waals surface area (Å²) in [7, 11) is 0. The maximum absolute atomic E-state index is 12.0. The molecule has 0 radical (unpaired) electrons. The molecule has 0 aliphatic rings. The van der Waals surface area contributed by atoms with Gasteiger partial charge in [-0.25, -0.2) is 4.79 Å². The topological polar surface area (TPSA) is 102 Å². The van der Waals surface area contributed by atoms with Gasteiger partial charge < -0.3 is 15.4 Å². The molecule has 2 aromatic carbocycles. The molecular weight excluding hydrogens is 348 g/mol. The maximum atomic E-state index is 12.0. The van der Waals surface area contributed by atoms with Crippen LogP contribution in [0.3, 0.4) is 0 Å². The van der Waals surface area contributed by atoms with Gasteiger partial charge in [0.15, 0.2) is 12.4 Å². The van der Waals surface area contributed by atoms with E-state index in [0.717, 1.165) is 0 Å². The van der Waals surface area contributed by atoms with Crippen LogP contribution in [0.5, 0.6) is 0 Å². The van der Waals surface area contributed by atoms with E-state index >= 15 is 0 Å². The lowest BCUT2D eigenvalue weighted by Gasteiger charge is -2.13. The Hall–Kier alpha value is -3.48. The number of rotatable bonds is 7. The van der Waals surface area contributed by atoms with Gasteiger partial charge >= 0.3 is 5.97 Å². The van der Waals surface area contributed by atoms with Gasteiger partial charge in [-0.3, -0.25) is 14.4 Å². The van der Waals surface area contributed by atoms with Crippen molar-refractivity contribution in [2.75, 3.05) is 11.9 Å². The van der Waals surface area contributed by atoms with E-state index in [4.69, 9.17) is 4.74 Å². The van der Waals surface area contributed by atoms with Gasteiger partial charge in [-0.1, -0.05) is 18.2 Å². The number of esters is 1. The van der Waals surface area contributed by atoms with Gasteiger partial charge in [-0.2, -0.15) is 0 Å². The number of ketones is 1. The summed E-state index contributed by atoms with van der Waals surface area (Å²) in [5, 5.41) is 5.06. The number of carbonyl (C=O) groups is 4. The number of hydrogen-bond donors (Lipinski definition) is 2. The van der Waals surface area contributed by atoms with Crippen molar-refractivity contribution in [3.8, 4) is 0 Å². The van der Waals surface area contributed by atoms with Crippen molar-refractivity contribution in [3.63, 3.8) is 0 Å². The molecule has 0 fully saturated rings. The standard InChI is InChI=1S/C20H20N2O5/c1-13(21-19(25)16-6-4-3-5-7-16)20(26)27-12-18(24)22-17-10-8-15(9-11-17)14(2)23/h3-11,13H,12H2,1-2H3,(H,21,25)(H,22,24). The number of ether oxygens (including phenoxy) is 1. The van der Waals surface area contributed by atoms with Crippen LogP contribution in [0.1, 0.15) is 34.6 Å². The minimum absolute atomic E-state index is 0.0756. The van der Waals surface area contributed by atoms with Gasteiger partial charge in [-0.05, 0) is 50.2 Å². The largest absolute Gasteiger partial charge is 0.454 e. The van der Waals surface area contributed by atoms with Crippen molar-refractivity contribution < 1.29 is 23.9 Å². The number of amides is 2. The van der Waals surface area contributed by atoms with Gasteiger partial charge in [0.2, 0.25) is 0 Å². The van der Waals surface area contributed by atoms with Crippen molar-refractivity contribution in [2.24, 2.45) is 0 Å². The second kappa shape index (κ2) is 9.28. The minimum atomic E-state index is -0.902. The summed E-state index contributed by atoms with van der Waals surface area (Å²) in [5.74, 6) is -1.73. The van der Waals surface area contributed by atoms with E-state index in [9.17, 15) is 19.2 Å². The summed E-state index contributed by atoms with van der Waals surface area (Å²) >= 11 is 0. The van der Waals surface area contributed by atoms with Crippen LogP contribution in [0.2, 0.25) is 0 Å². The Balaban J connectivity index is 1.79. The molecule has 140 valence electrons. The zero-order valence-electron chi connectivity index (χ0n) is 15.0. The van der Waals surface area contributed by atoms with Crippen LogP contribution in [0, 0.1) is 0 Å². The molecule has 0 bridgehead atoms. The Kier molecular flexibility index (Phi) is 6.82. The first-order valence-corrected chi connectivity index (χ1v) is 8.30. The number of hydrogen-bond acceptors (Lipinski definition) is 5. The third-order valence-corrected chi connectivity index (χ3v) is 3.66. The molecular formula is C20H20N2O5. The Morgan fingerprint density at radius 3 is 2.15 bits per heavy atom. The van der Waals surface area contributed by atoms with Crippen LogP contribution < -0.4 is 10.6 Å². The van der Waals surface area contributed by atoms with E-state index in [1.54, 1.807) is 54.6 Å². The van der Waals surface area contributed by atoms with Crippen LogP contribution >= 0.6 is 0 Å². The van der Waals surface area contributed by atoms with E-state index in [1.165, 1.54) is 13.8 Å². The molecule has 2 rings (SSSR count). The minimum Gasteiger partial charge on any atom is -0.454 e. The van der Waals surface area contributed by atoms with Gasteiger partial charge in [0.25, 0.3) is 11.8 Å². The molecule has 2 N–H and O–H groups in total. The molecule has 7 nitrogen and oxygen atoms in total. The number of carbonyl (C=O) groups excluding carboxylic acids is 4. The zero-order chi connectivity index (χ0) is 19.8. The average Bonchev–Trinajstić information content (AvgIpc) is 2.67.